The van der Waals surface area contributed by atoms with Gasteiger partial charge in [-0.15, -0.1) is 0 Å². The van der Waals surface area contributed by atoms with Gasteiger partial charge in [0.1, 0.15) is 11.5 Å². The number of fused-ring (bicyclic) bond motifs is 1. The molecule has 0 saturated carbocycles. The average Bonchev–Trinajstić information content (AvgIpc) is 3.31. The maximum atomic E-state index is 14.0. The van der Waals surface area contributed by atoms with Crippen molar-refractivity contribution in [1.29, 1.82) is 0 Å². The summed E-state index contributed by atoms with van der Waals surface area (Å²) in [5, 5.41) is 5.05. The lowest BCUT2D eigenvalue weighted by Gasteiger charge is -2.09. The third-order valence-corrected chi connectivity index (χ3v) is 4.16. The summed E-state index contributed by atoms with van der Waals surface area (Å²) >= 11 is 0. The summed E-state index contributed by atoms with van der Waals surface area (Å²) < 4.78 is 14.0. The lowest BCUT2D eigenvalue weighted by atomic mass is 10.2. The van der Waals surface area contributed by atoms with Gasteiger partial charge in [0.2, 0.25) is 5.95 Å². The summed E-state index contributed by atoms with van der Waals surface area (Å²) in [5.41, 5.74) is 1.82. The van der Waals surface area contributed by atoms with Gasteiger partial charge in [-0.1, -0.05) is 24.3 Å². The normalized spacial score (nSPS) is 10.8. The molecule has 0 spiro atoms. The Morgan fingerprint density at radius 2 is 1.86 bits per heavy atom. The van der Waals surface area contributed by atoms with Crippen LogP contribution < -0.4 is 10.6 Å². The number of benzene rings is 2. The van der Waals surface area contributed by atoms with Crippen molar-refractivity contribution in [2.24, 2.45) is 0 Å². The lowest BCUT2D eigenvalue weighted by molar-refractivity contribution is 0.0985. The Bertz CT molecular complexity index is 1140. The summed E-state index contributed by atoms with van der Waals surface area (Å²) in [6.45, 7) is 1.67. The fourth-order valence-electron chi connectivity index (χ4n) is 2.78. The highest BCUT2D eigenvalue weighted by Gasteiger charge is 2.22. The minimum atomic E-state index is -0.704. The van der Waals surface area contributed by atoms with E-state index < -0.39 is 17.6 Å². The molecule has 0 radical (unpaired) electrons. The van der Waals surface area contributed by atoms with E-state index >= 15 is 0 Å². The zero-order valence-corrected chi connectivity index (χ0v) is 14.7. The van der Waals surface area contributed by atoms with Crippen LogP contribution in [0.2, 0.25) is 0 Å². The van der Waals surface area contributed by atoms with E-state index in [9.17, 15) is 14.0 Å². The molecule has 2 amide bonds. The van der Waals surface area contributed by atoms with Gasteiger partial charge in [0, 0.05) is 0 Å². The monoisotopic (exact) mass is 378 g/mol. The van der Waals surface area contributed by atoms with E-state index in [0.717, 1.165) is 5.52 Å². The van der Waals surface area contributed by atoms with Gasteiger partial charge in [0.15, 0.2) is 5.69 Å². The second-order valence-corrected chi connectivity index (χ2v) is 6.07. The molecule has 0 atom stereocenters. The van der Waals surface area contributed by atoms with Crippen molar-refractivity contribution in [2.75, 3.05) is 10.6 Å². The Morgan fingerprint density at radius 1 is 1.04 bits per heavy atom. The second-order valence-electron chi connectivity index (χ2n) is 6.07. The number of aromatic nitrogens is 4. The van der Waals surface area contributed by atoms with Gasteiger partial charge < -0.3 is 15.3 Å². The standard InChI is InChI=1S/C19H15FN6O2/c1-10-5-4-6-11(20)14(10)25-17(27)15-16(22-9-21-15)18(28)26-19-23-12-7-2-3-8-13(12)24-19/h2-9H,1H3,(H,21,22)(H,25,27)(H2,23,24,26,28). The number of carbonyl (C=O) groups excluding carboxylic acids is 2. The van der Waals surface area contributed by atoms with Crippen molar-refractivity contribution >= 4 is 34.5 Å². The van der Waals surface area contributed by atoms with Gasteiger partial charge in [-0.25, -0.2) is 14.4 Å². The number of amides is 2. The smallest absolute Gasteiger partial charge is 0.276 e. The predicted octanol–water partition coefficient (Wildman–Crippen LogP) is 3.24. The van der Waals surface area contributed by atoms with Crippen LogP contribution in [-0.4, -0.2) is 31.8 Å². The minimum Gasteiger partial charge on any atom is -0.340 e. The van der Waals surface area contributed by atoms with Crippen LogP contribution in [-0.2, 0) is 0 Å². The molecule has 4 aromatic rings. The van der Waals surface area contributed by atoms with Crippen LogP contribution in [0.3, 0.4) is 0 Å². The topological polar surface area (TPSA) is 116 Å². The van der Waals surface area contributed by atoms with Crippen molar-refractivity contribution in [1.82, 2.24) is 19.9 Å². The lowest BCUT2D eigenvalue weighted by Crippen LogP contribution is -2.21. The van der Waals surface area contributed by atoms with Gasteiger partial charge in [-0.2, -0.15) is 0 Å². The molecule has 0 aliphatic rings. The number of rotatable bonds is 4. The molecule has 2 heterocycles. The third-order valence-electron chi connectivity index (χ3n) is 4.16. The van der Waals surface area contributed by atoms with Crippen LogP contribution in [0.4, 0.5) is 16.0 Å². The largest absolute Gasteiger partial charge is 0.340 e. The van der Waals surface area contributed by atoms with Crippen molar-refractivity contribution in [3.63, 3.8) is 0 Å². The Labute approximate surface area is 158 Å². The fraction of sp³-hybridized carbons (Fsp3) is 0.0526. The van der Waals surface area contributed by atoms with E-state index in [-0.39, 0.29) is 23.0 Å². The molecule has 0 saturated heterocycles. The number of hydrogen-bond acceptors (Lipinski definition) is 4. The number of aryl methyl sites for hydroxylation is 1. The summed E-state index contributed by atoms with van der Waals surface area (Å²) in [5.74, 6) is -1.65. The van der Waals surface area contributed by atoms with Gasteiger partial charge in [0.25, 0.3) is 11.8 Å². The number of aromatic amines is 2. The molecule has 0 unspecified atom stereocenters. The third kappa shape index (κ3) is 3.20. The van der Waals surface area contributed by atoms with E-state index in [1.54, 1.807) is 25.1 Å². The van der Waals surface area contributed by atoms with Gasteiger partial charge >= 0.3 is 0 Å². The second kappa shape index (κ2) is 6.95. The zero-order valence-electron chi connectivity index (χ0n) is 14.7. The molecule has 4 N–H and O–H groups in total. The van der Waals surface area contributed by atoms with E-state index in [0.29, 0.717) is 11.1 Å². The quantitative estimate of drug-likeness (QED) is 0.436. The molecule has 0 fully saturated rings. The molecular formula is C19H15FN6O2. The number of anilines is 2. The summed E-state index contributed by atoms with van der Waals surface area (Å²) in [6, 6.07) is 11.7. The summed E-state index contributed by atoms with van der Waals surface area (Å²) in [6.07, 6.45) is 1.22. The van der Waals surface area contributed by atoms with Gasteiger partial charge in [0.05, 0.1) is 23.0 Å². The first-order valence-electron chi connectivity index (χ1n) is 8.39. The molecular weight excluding hydrogens is 363 g/mol. The van der Waals surface area contributed by atoms with Crippen LogP contribution in [0.5, 0.6) is 0 Å². The van der Waals surface area contributed by atoms with Crippen molar-refractivity contribution < 1.29 is 14.0 Å². The molecule has 0 aliphatic heterocycles. The van der Waals surface area contributed by atoms with Crippen LogP contribution >= 0.6 is 0 Å². The van der Waals surface area contributed by atoms with Crippen molar-refractivity contribution in [3.05, 3.63) is 71.6 Å². The zero-order chi connectivity index (χ0) is 19.7. The Morgan fingerprint density at radius 3 is 2.64 bits per heavy atom. The number of hydrogen-bond donors (Lipinski definition) is 4. The number of nitrogens with zero attached hydrogens (tertiary/aromatic N) is 2. The van der Waals surface area contributed by atoms with Crippen LogP contribution in [0, 0.1) is 12.7 Å². The van der Waals surface area contributed by atoms with E-state index in [4.69, 9.17) is 0 Å². The molecule has 2 aromatic heterocycles. The molecule has 4 rings (SSSR count). The predicted molar refractivity (Wildman–Crippen MR) is 102 cm³/mol. The summed E-state index contributed by atoms with van der Waals surface area (Å²) in [4.78, 5) is 38.9. The average molecular weight is 378 g/mol. The Balaban J connectivity index is 1.56. The number of H-pyrrole nitrogens is 2. The first-order valence-corrected chi connectivity index (χ1v) is 8.39. The highest BCUT2D eigenvalue weighted by Crippen LogP contribution is 2.20. The number of carbonyl (C=O) groups is 2. The summed E-state index contributed by atoms with van der Waals surface area (Å²) in [7, 11) is 0. The molecule has 28 heavy (non-hydrogen) atoms. The molecule has 2 aromatic carbocycles. The molecule has 0 aliphatic carbocycles. The number of imidazole rings is 2. The molecule has 9 heteroatoms. The first kappa shape index (κ1) is 17.4. The highest BCUT2D eigenvalue weighted by molar-refractivity contribution is 6.13. The van der Waals surface area contributed by atoms with E-state index in [1.165, 1.54) is 12.4 Å². The SMILES string of the molecule is Cc1cccc(F)c1NC(=O)c1nc[nH]c1C(=O)Nc1nc2ccccc2[nH]1. The first-order chi connectivity index (χ1) is 13.5. The Kier molecular flexibility index (Phi) is 4.32. The minimum absolute atomic E-state index is 0.0409. The number of nitrogens with one attached hydrogen (secondary N) is 4. The number of para-hydroxylation sites is 3. The highest BCUT2D eigenvalue weighted by atomic mass is 19.1. The fourth-order valence-corrected chi connectivity index (χ4v) is 2.78. The molecule has 8 nitrogen and oxygen atoms in total. The Hall–Kier alpha value is -4.01. The van der Waals surface area contributed by atoms with Crippen LogP contribution in [0.1, 0.15) is 26.5 Å². The maximum Gasteiger partial charge on any atom is 0.276 e. The van der Waals surface area contributed by atoms with Crippen molar-refractivity contribution in [2.45, 2.75) is 6.92 Å². The van der Waals surface area contributed by atoms with Gasteiger partial charge in [-0.05, 0) is 30.7 Å². The van der Waals surface area contributed by atoms with E-state index in [2.05, 4.69) is 30.6 Å². The van der Waals surface area contributed by atoms with Gasteiger partial charge in [-0.3, -0.25) is 14.9 Å². The molecule has 140 valence electrons. The van der Waals surface area contributed by atoms with Crippen LogP contribution in [0.15, 0.2) is 48.8 Å². The van der Waals surface area contributed by atoms with E-state index in [1.807, 2.05) is 18.2 Å². The van der Waals surface area contributed by atoms with Crippen molar-refractivity contribution in [3.8, 4) is 0 Å². The maximum absolute atomic E-state index is 14.0. The molecule has 0 bridgehead atoms. The van der Waals surface area contributed by atoms with Crippen LogP contribution in [0.25, 0.3) is 11.0 Å². The number of halogens is 1.